The molecule has 3 nitrogen and oxygen atoms in total. The van der Waals surface area contributed by atoms with Crippen LogP contribution in [-0.4, -0.2) is 22.1 Å². The van der Waals surface area contributed by atoms with Crippen molar-refractivity contribution in [3.05, 3.63) is 53.7 Å². The highest BCUT2D eigenvalue weighted by molar-refractivity contribution is 6.18. The number of anilines is 1. The normalized spacial score (nSPS) is 12.1. The van der Waals surface area contributed by atoms with E-state index in [2.05, 4.69) is 27.6 Å². The molecule has 2 aromatic rings. The van der Waals surface area contributed by atoms with Crippen LogP contribution in [-0.2, 0) is 6.42 Å². The Morgan fingerprint density at radius 2 is 1.89 bits per heavy atom. The van der Waals surface area contributed by atoms with Crippen LogP contribution < -0.4 is 5.32 Å². The van der Waals surface area contributed by atoms with Crippen LogP contribution in [0, 0.1) is 6.92 Å². The molecule has 1 aromatic heterocycles. The third kappa shape index (κ3) is 3.70. The van der Waals surface area contributed by atoms with Crippen LogP contribution in [0.15, 0.2) is 42.5 Å². The summed E-state index contributed by atoms with van der Waals surface area (Å²) >= 11 is 5.99. The maximum Gasteiger partial charge on any atom is 0.148 e. The van der Waals surface area contributed by atoms with Crippen molar-refractivity contribution >= 4 is 17.4 Å². The number of halogens is 1. The molecular formula is C14H16ClN3. The van der Waals surface area contributed by atoms with E-state index in [-0.39, 0.29) is 6.04 Å². The molecule has 4 heteroatoms. The van der Waals surface area contributed by atoms with Crippen LogP contribution in [0.25, 0.3) is 0 Å². The molecule has 0 aliphatic heterocycles. The summed E-state index contributed by atoms with van der Waals surface area (Å²) < 4.78 is 0. The molecule has 0 fully saturated rings. The van der Waals surface area contributed by atoms with E-state index in [9.17, 15) is 0 Å². The standard InChI is InChI=1S/C14H16ClN3/c1-11-7-8-14(18-17-11)16-13(10-15)9-12-5-3-2-4-6-12/h2-8,13H,9-10H2,1H3,(H,16,18). The summed E-state index contributed by atoms with van der Waals surface area (Å²) in [4.78, 5) is 0. The van der Waals surface area contributed by atoms with Gasteiger partial charge in [0.2, 0.25) is 0 Å². The molecule has 1 aromatic carbocycles. The monoisotopic (exact) mass is 261 g/mol. The van der Waals surface area contributed by atoms with Gasteiger partial charge in [0, 0.05) is 11.9 Å². The molecule has 1 N–H and O–H groups in total. The second-order valence-electron chi connectivity index (χ2n) is 4.25. The summed E-state index contributed by atoms with van der Waals surface area (Å²) in [5, 5.41) is 11.4. The number of benzene rings is 1. The van der Waals surface area contributed by atoms with E-state index in [0.29, 0.717) is 5.88 Å². The number of aryl methyl sites for hydroxylation is 1. The highest BCUT2D eigenvalue weighted by Crippen LogP contribution is 2.10. The maximum absolute atomic E-state index is 5.99. The first-order chi connectivity index (χ1) is 8.78. The van der Waals surface area contributed by atoms with Gasteiger partial charge in [-0.3, -0.25) is 0 Å². The topological polar surface area (TPSA) is 37.8 Å². The summed E-state index contributed by atoms with van der Waals surface area (Å²) in [5.74, 6) is 1.30. The number of nitrogens with one attached hydrogen (secondary N) is 1. The number of alkyl halides is 1. The fourth-order valence-electron chi connectivity index (χ4n) is 1.73. The Hall–Kier alpha value is -1.61. The first kappa shape index (κ1) is 12.8. The van der Waals surface area contributed by atoms with Crippen molar-refractivity contribution in [2.45, 2.75) is 19.4 Å². The molecular weight excluding hydrogens is 246 g/mol. The lowest BCUT2D eigenvalue weighted by molar-refractivity contribution is 0.784. The maximum atomic E-state index is 5.99. The highest BCUT2D eigenvalue weighted by atomic mass is 35.5. The van der Waals surface area contributed by atoms with Crippen molar-refractivity contribution in [1.82, 2.24) is 10.2 Å². The minimum atomic E-state index is 0.158. The van der Waals surface area contributed by atoms with E-state index in [1.165, 1.54) is 5.56 Å². The van der Waals surface area contributed by atoms with Gasteiger partial charge in [-0.25, -0.2) is 0 Å². The molecule has 18 heavy (non-hydrogen) atoms. The summed E-state index contributed by atoms with van der Waals surface area (Å²) in [6, 6.07) is 14.3. The lowest BCUT2D eigenvalue weighted by atomic mass is 10.1. The molecule has 0 radical (unpaired) electrons. The zero-order valence-corrected chi connectivity index (χ0v) is 11.1. The van der Waals surface area contributed by atoms with E-state index < -0.39 is 0 Å². The van der Waals surface area contributed by atoms with Crippen LogP contribution in [0.5, 0.6) is 0 Å². The SMILES string of the molecule is Cc1ccc(NC(CCl)Cc2ccccc2)nn1. The number of aromatic nitrogens is 2. The minimum absolute atomic E-state index is 0.158. The zero-order valence-electron chi connectivity index (χ0n) is 10.3. The van der Waals surface area contributed by atoms with E-state index in [0.717, 1.165) is 17.9 Å². The van der Waals surface area contributed by atoms with E-state index in [4.69, 9.17) is 11.6 Å². The summed E-state index contributed by atoms with van der Waals surface area (Å²) in [6.45, 7) is 1.92. The largest absolute Gasteiger partial charge is 0.364 e. The van der Waals surface area contributed by atoms with Gasteiger partial charge in [-0.1, -0.05) is 30.3 Å². The van der Waals surface area contributed by atoms with Crippen molar-refractivity contribution in [3.63, 3.8) is 0 Å². The Labute approximate surface area is 112 Å². The van der Waals surface area contributed by atoms with E-state index >= 15 is 0 Å². The fraction of sp³-hybridized carbons (Fsp3) is 0.286. The summed E-state index contributed by atoms with van der Waals surface area (Å²) in [6.07, 6.45) is 0.875. The average molecular weight is 262 g/mol. The predicted molar refractivity (Wildman–Crippen MR) is 75.0 cm³/mol. The second-order valence-corrected chi connectivity index (χ2v) is 4.55. The van der Waals surface area contributed by atoms with Crippen molar-refractivity contribution in [3.8, 4) is 0 Å². The fourth-order valence-corrected chi connectivity index (χ4v) is 1.91. The Morgan fingerprint density at radius 1 is 1.11 bits per heavy atom. The third-order valence-electron chi connectivity index (χ3n) is 2.66. The van der Waals surface area contributed by atoms with E-state index in [1.54, 1.807) is 0 Å². The first-order valence-electron chi connectivity index (χ1n) is 5.94. The van der Waals surface area contributed by atoms with Gasteiger partial charge in [0.15, 0.2) is 0 Å². The van der Waals surface area contributed by atoms with Crippen LogP contribution in [0.2, 0.25) is 0 Å². The van der Waals surface area contributed by atoms with Gasteiger partial charge < -0.3 is 5.32 Å². The van der Waals surface area contributed by atoms with Crippen molar-refractivity contribution < 1.29 is 0 Å². The van der Waals surface area contributed by atoms with Gasteiger partial charge in [0.1, 0.15) is 5.82 Å². The first-order valence-corrected chi connectivity index (χ1v) is 6.48. The molecule has 0 aliphatic rings. The Morgan fingerprint density at radius 3 is 2.50 bits per heavy atom. The quantitative estimate of drug-likeness (QED) is 0.841. The van der Waals surface area contributed by atoms with Crippen LogP contribution >= 0.6 is 11.6 Å². The molecule has 1 atom stereocenters. The van der Waals surface area contributed by atoms with Crippen molar-refractivity contribution in [2.75, 3.05) is 11.2 Å². The number of hydrogen-bond donors (Lipinski definition) is 1. The highest BCUT2D eigenvalue weighted by Gasteiger charge is 2.09. The Bertz CT molecular complexity index is 470. The van der Waals surface area contributed by atoms with Crippen LogP contribution in [0.3, 0.4) is 0 Å². The van der Waals surface area contributed by atoms with Gasteiger partial charge in [-0.15, -0.1) is 16.7 Å². The zero-order chi connectivity index (χ0) is 12.8. The second kappa shape index (κ2) is 6.36. The van der Waals surface area contributed by atoms with Gasteiger partial charge in [-0.2, -0.15) is 5.10 Å². The Balaban J connectivity index is 1.99. The van der Waals surface area contributed by atoms with Gasteiger partial charge in [0.25, 0.3) is 0 Å². The van der Waals surface area contributed by atoms with Gasteiger partial charge in [0.05, 0.1) is 5.69 Å². The summed E-state index contributed by atoms with van der Waals surface area (Å²) in [7, 11) is 0. The molecule has 0 aliphatic carbocycles. The minimum Gasteiger partial charge on any atom is -0.364 e. The van der Waals surface area contributed by atoms with Crippen LogP contribution in [0.4, 0.5) is 5.82 Å². The van der Waals surface area contributed by atoms with Gasteiger partial charge in [-0.05, 0) is 31.0 Å². The Kier molecular flexibility index (Phi) is 4.53. The molecule has 2 rings (SSSR count). The average Bonchev–Trinajstić information content (AvgIpc) is 2.41. The molecule has 0 saturated carbocycles. The summed E-state index contributed by atoms with van der Waals surface area (Å²) in [5.41, 5.74) is 2.17. The molecule has 0 saturated heterocycles. The molecule has 0 spiro atoms. The lowest BCUT2D eigenvalue weighted by Gasteiger charge is -2.16. The lowest BCUT2D eigenvalue weighted by Crippen LogP contribution is -2.24. The molecule has 94 valence electrons. The van der Waals surface area contributed by atoms with Crippen molar-refractivity contribution in [2.24, 2.45) is 0 Å². The molecule has 0 bridgehead atoms. The van der Waals surface area contributed by atoms with E-state index in [1.807, 2.05) is 37.3 Å². The van der Waals surface area contributed by atoms with Crippen molar-refractivity contribution in [1.29, 1.82) is 0 Å². The van der Waals surface area contributed by atoms with Crippen LogP contribution in [0.1, 0.15) is 11.3 Å². The molecule has 1 heterocycles. The third-order valence-corrected chi connectivity index (χ3v) is 3.03. The van der Waals surface area contributed by atoms with Gasteiger partial charge >= 0.3 is 0 Å². The number of hydrogen-bond acceptors (Lipinski definition) is 3. The molecule has 1 unspecified atom stereocenters. The number of nitrogens with zero attached hydrogens (tertiary/aromatic N) is 2. The smallest absolute Gasteiger partial charge is 0.148 e. The number of rotatable bonds is 5. The molecule has 0 amide bonds. The predicted octanol–water partition coefficient (Wildman–Crippen LogP) is 3.05.